The van der Waals surface area contributed by atoms with Crippen molar-refractivity contribution in [2.45, 2.75) is 0 Å². The second-order valence-corrected chi connectivity index (χ2v) is 4.02. The number of nitrogen functional groups attached to an aromatic ring is 1. The van der Waals surface area contributed by atoms with Gasteiger partial charge in [-0.3, -0.25) is 4.98 Å². The van der Waals surface area contributed by atoms with Crippen molar-refractivity contribution in [1.29, 1.82) is 0 Å². The number of nitrogens with zero attached hydrogens (tertiary/aromatic N) is 4. The summed E-state index contributed by atoms with van der Waals surface area (Å²) in [7, 11) is 0. The first kappa shape index (κ1) is 10.0. The molecular weight excluding hydrogens is 238 g/mol. The van der Waals surface area contributed by atoms with Crippen molar-refractivity contribution < 1.29 is 0 Å². The molecule has 0 atom stereocenters. The van der Waals surface area contributed by atoms with Gasteiger partial charge >= 0.3 is 0 Å². The van der Waals surface area contributed by atoms with E-state index >= 15 is 0 Å². The molecule has 0 saturated heterocycles. The van der Waals surface area contributed by atoms with Gasteiger partial charge in [0.1, 0.15) is 0 Å². The molecule has 0 saturated carbocycles. The Morgan fingerprint density at radius 2 is 2.06 bits per heavy atom. The summed E-state index contributed by atoms with van der Waals surface area (Å²) < 4.78 is 1.63. The Kier molecular flexibility index (Phi) is 2.19. The Morgan fingerprint density at radius 3 is 2.88 bits per heavy atom. The van der Waals surface area contributed by atoms with Gasteiger partial charge in [-0.1, -0.05) is 11.6 Å². The highest BCUT2D eigenvalue weighted by Crippen LogP contribution is 2.21. The summed E-state index contributed by atoms with van der Waals surface area (Å²) in [5, 5.41) is 4.65. The molecule has 5 nitrogen and oxygen atoms in total. The zero-order valence-corrected chi connectivity index (χ0v) is 9.46. The van der Waals surface area contributed by atoms with Crippen LogP contribution in [0.2, 0.25) is 5.02 Å². The number of hydrogen-bond acceptors (Lipinski definition) is 4. The van der Waals surface area contributed by atoms with E-state index in [2.05, 4.69) is 15.1 Å². The third-order valence-electron chi connectivity index (χ3n) is 2.39. The van der Waals surface area contributed by atoms with E-state index in [0.717, 1.165) is 11.1 Å². The van der Waals surface area contributed by atoms with Crippen molar-refractivity contribution in [3.63, 3.8) is 0 Å². The van der Waals surface area contributed by atoms with Crippen LogP contribution < -0.4 is 5.73 Å². The SMILES string of the molecule is Nc1nc2ccc(-c3cncc(Cl)c3)cn2n1. The fourth-order valence-corrected chi connectivity index (χ4v) is 1.81. The van der Waals surface area contributed by atoms with Crippen LogP contribution in [0, 0.1) is 0 Å². The number of nitrogens with two attached hydrogens (primary N) is 1. The summed E-state index contributed by atoms with van der Waals surface area (Å²) in [6, 6.07) is 5.62. The number of fused-ring (bicyclic) bond motifs is 1. The van der Waals surface area contributed by atoms with E-state index in [-0.39, 0.29) is 5.95 Å². The van der Waals surface area contributed by atoms with Crippen LogP contribution in [0.15, 0.2) is 36.8 Å². The molecular formula is C11H8ClN5. The van der Waals surface area contributed by atoms with Crippen LogP contribution in [-0.2, 0) is 0 Å². The number of aromatic nitrogens is 4. The van der Waals surface area contributed by atoms with Crippen molar-refractivity contribution in [3.05, 3.63) is 41.8 Å². The molecule has 84 valence electrons. The Labute approximate surface area is 102 Å². The minimum Gasteiger partial charge on any atom is -0.366 e. The summed E-state index contributed by atoms with van der Waals surface area (Å²) in [6.45, 7) is 0. The summed E-state index contributed by atoms with van der Waals surface area (Å²) in [6.07, 6.45) is 5.18. The van der Waals surface area contributed by atoms with Crippen LogP contribution in [0.4, 0.5) is 5.95 Å². The van der Waals surface area contributed by atoms with Crippen LogP contribution in [0.3, 0.4) is 0 Å². The van der Waals surface area contributed by atoms with Gasteiger partial charge in [0, 0.05) is 29.7 Å². The molecule has 0 unspecified atom stereocenters. The van der Waals surface area contributed by atoms with Crippen LogP contribution in [-0.4, -0.2) is 19.6 Å². The largest absolute Gasteiger partial charge is 0.366 e. The molecule has 0 bridgehead atoms. The first-order valence-corrected chi connectivity index (χ1v) is 5.33. The average Bonchev–Trinajstić information content (AvgIpc) is 2.68. The van der Waals surface area contributed by atoms with E-state index in [9.17, 15) is 0 Å². The number of hydrogen-bond donors (Lipinski definition) is 1. The smallest absolute Gasteiger partial charge is 0.240 e. The summed E-state index contributed by atoms with van der Waals surface area (Å²) in [5.74, 6) is 0.256. The van der Waals surface area contributed by atoms with Gasteiger partial charge < -0.3 is 5.73 Å². The predicted molar refractivity (Wildman–Crippen MR) is 65.6 cm³/mol. The summed E-state index contributed by atoms with van der Waals surface area (Å²) in [4.78, 5) is 8.10. The molecule has 0 aromatic carbocycles. The average molecular weight is 246 g/mol. The molecule has 0 spiro atoms. The van der Waals surface area contributed by atoms with Crippen molar-refractivity contribution in [1.82, 2.24) is 19.6 Å². The van der Waals surface area contributed by atoms with Gasteiger partial charge in [0.2, 0.25) is 5.95 Å². The van der Waals surface area contributed by atoms with E-state index < -0.39 is 0 Å². The highest BCUT2D eigenvalue weighted by atomic mass is 35.5. The Bertz CT molecular complexity index is 691. The van der Waals surface area contributed by atoms with Gasteiger partial charge in [0.25, 0.3) is 0 Å². The van der Waals surface area contributed by atoms with Gasteiger partial charge in [-0.15, -0.1) is 5.10 Å². The monoisotopic (exact) mass is 245 g/mol. The molecule has 0 aliphatic carbocycles. The minimum absolute atomic E-state index is 0.256. The zero-order valence-electron chi connectivity index (χ0n) is 8.71. The van der Waals surface area contributed by atoms with Gasteiger partial charge in [-0.25, -0.2) is 4.52 Å². The Balaban J connectivity index is 2.17. The first-order chi connectivity index (χ1) is 8.22. The lowest BCUT2D eigenvalue weighted by atomic mass is 10.1. The van der Waals surface area contributed by atoms with Crippen LogP contribution in [0.5, 0.6) is 0 Å². The van der Waals surface area contributed by atoms with Gasteiger partial charge in [-0.05, 0) is 18.2 Å². The quantitative estimate of drug-likeness (QED) is 0.712. The topological polar surface area (TPSA) is 69.1 Å². The lowest BCUT2D eigenvalue weighted by Gasteiger charge is -2.01. The highest BCUT2D eigenvalue weighted by Gasteiger charge is 2.03. The molecule has 0 aliphatic heterocycles. The first-order valence-electron chi connectivity index (χ1n) is 4.95. The van der Waals surface area contributed by atoms with Crippen molar-refractivity contribution >= 4 is 23.2 Å². The number of halogens is 1. The molecule has 3 aromatic heterocycles. The molecule has 3 heterocycles. The van der Waals surface area contributed by atoms with Crippen LogP contribution in [0.25, 0.3) is 16.8 Å². The fraction of sp³-hybridized carbons (Fsp3) is 0. The Hall–Kier alpha value is -2.14. The highest BCUT2D eigenvalue weighted by molar-refractivity contribution is 6.30. The maximum atomic E-state index is 5.90. The van der Waals surface area contributed by atoms with Crippen LogP contribution >= 0.6 is 11.6 Å². The molecule has 17 heavy (non-hydrogen) atoms. The van der Waals surface area contributed by atoms with Crippen molar-refractivity contribution in [2.24, 2.45) is 0 Å². The Morgan fingerprint density at radius 1 is 1.18 bits per heavy atom. The van der Waals surface area contributed by atoms with E-state index in [1.165, 1.54) is 0 Å². The molecule has 3 rings (SSSR count). The second-order valence-electron chi connectivity index (χ2n) is 3.58. The molecule has 0 fully saturated rings. The maximum Gasteiger partial charge on any atom is 0.240 e. The molecule has 0 amide bonds. The molecule has 0 aliphatic rings. The minimum atomic E-state index is 0.256. The van der Waals surface area contributed by atoms with Gasteiger partial charge in [-0.2, -0.15) is 4.98 Å². The van der Waals surface area contributed by atoms with Crippen molar-refractivity contribution in [3.8, 4) is 11.1 Å². The summed E-state index contributed by atoms with van der Waals surface area (Å²) >= 11 is 5.90. The number of anilines is 1. The lowest BCUT2D eigenvalue weighted by molar-refractivity contribution is 0.969. The maximum absolute atomic E-state index is 5.90. The predicted octanol–water partition coefficient (Wildman–Crippen LogP) is 2.03. The van der Waals surface area contributed by atoms with Gasteiger partial charge in [0.15, 0.2) is 5.65 Å². The standard InChI is InChI=1S/C11H8ClN5/c12-9-3-8(4-14-5-9)7-1-2-10-15-11(13)16-17(10)6-7/h1-6H,(H2,13,16). The summed E-state index contributed by atoms with van der Waals surface area (Å²) in [5.41, 5.74) is 8.12. The van der Waals surface area contributed by atoms with Crippen LogP contribution in [0.1, 0.15) is 0 Å². The number of rotatable bonds is 1. The fourth-order valence-electron chi connectivity index (χ4n) is 1.64. The van der Waals surface area contributed by atoms with E-state index in [4.69, 9.17) is 17.3 Å². The number of pyridine rings is 2. The lowest BCUT2D eigenvalue weighted by Crippen LogP contribution is -1.90. The normalized spacial score (nSPS) is 10.9. The van der Waals surface area contributed by atoms with E-state index in [0.29, 0.717) is 10.7 Å². The third kappa shape index (κ3) is 1.81. The van der Waals surface area contributed by atoms with E-state index in [1.54, 1.807) is 16.9 Å². The molecule has 0 radical (unpaired) electrons. The van der Waals surface area contributed by atoms with Gasteiger partial charge in [0.05, 0.1) is 5.02 Å². The third-order valence-corrected chi connectivity index (χ3v) is 2.59. The molecule has 6 heteroatoms. The second kappa shape index (κ2) is 3.71. The van der Waals surface area contributed by atoms with E-state index in [1.807, 2.05) is 24.4 Å². The zero-order chi connectivity index (χ0) is 11.8. The molecule has 3 aromatic rings. The molecule has 2 N–H and O–H groups in total. The van der Waals surface area contributed by atoms with Crippen molar-refractivity contribution in [2.75, 3.05) is 5.73 Å².